The maximum absolute atomic E-state index is 14.8. The first-order chi connectivity index (χ1) is 32.7. The molecule has 0 unspecified atom stereocenters. The molecule has 1 fully saturated rings. The molecule has 67 heavy (non-hydrogen) atoms. The Morgan fingerprint density at radius 2 is 1.63 bits per heavy atom. The molecule has 0 bridgehead atoms. The van der Waals surface area contributed by atoms with Crippen molar-refractivity contribution in [3.05, 3.63) is 149 Å². The first-order valence-corrected chi connectivity index (χ1v) is 23.1. The normalized spacial score (nSPS) is 22.3. The van der Waals surface area contributed by atoms with Crippen molar-refractivity contribution in [2.75, 3.05) is 53.3 Å². The molecule has 1 aliphatic heterocycles. The van der Waals surface area contributed by atoms with Crippen LogP contribution in [0.1, 0.15) is 62.0 Å². The largest absolute Gasteiger partial charge is 0.459 e. The number of allylic oxidation sites excluding steroid dienone is 1. The summed E-state index contributed by atoms with van der Waals surface area (Å²) in [4.78, 5) is 32.9. The summed E-state index contributed by atoms with van der Waals surface area (Å²) in [6.45, 7) is 4.26. The van der Waals surface area contributed by atoms with Crippen LogP contribution in [0.15, 0.2) is 133 Å². The molecule has 1 amide bonds. The fraction of sp³-hybridized carbons (Fsp3) is 0.396. The second-order valence-electron chi connectivity index (χ2n) is 17.0. The van der Waals surface area contributed by atoms with Gasteiger partial charge in [0.1, 0.15) is 30.4 Å². The Kier molecular flexibility index (Phi) is 17.1. The standard InChI is InChI=1S/C53H61N3O11/c1-3-31-65-53-49(55(27-32-64-33-30-59)50(60)26-17-37-15-20-41(21-16-37)56(61)62)36-47(54-63-2)45-34-40(13-7-9-28-57)44(14-8-10-29-58)51(52(45)53)46-35-43(24-25-48(46)67-53)66-42-22-18-39(19-23-42)38-11-5-4-6-12-38/h3-6,11-12,15-26,34-35,40,44,49,51-52,57-59H,1,7-10,13-14,27-33,36H2,2H3/t40-,44+,49-,51+,52+,53+/m0/s1. The van der Waals surface area contributed by atoms with Crippen molar-refractivity contribution in [3.8, 4) is 28.4 Å². The number of nitro groups is 1. The van der Waals surface area contributed by atoms with E-state index in [9.17, 15) is 30.2 Å². The van der Waals surface area contributed by atoms with E-state index in [0.717, 1.165) is 47.9 Å². The van der Waals surface area contributed by atoms with Gasteiger partial charge < -0.3 is 44.0 Å². The summed E-state index contributed by atoms with van der Waals surface area (Å²) in [5.41, 5.74) is 5.11. The lowest BCUT2D eigenvalue weighted by Crippen LogP contribution is -2.70. The molecule has 14 nitrogen and oxygen atoms in total. The number of carbonyl (C=O) groups excluding carboxylic acids is 1. The molecule has 354 valence electrons. The topological polar surface area (TPSA) is 183 Å². The summed E-state index contributed by atoms with van der Waals surface area (Å²) >= 11 is 0. The molecule has 14 heteroatoms. The lowest BCUT2D eigenvalue weighted by Gasteiger charge is -2.60. The molecule has 6 atom stereocenters. The highest BCUT2D eigenvalue weighted by atomic mass is 16.7. The van der Waals surface area contributed by atoms with Crippen molar-refractivity contribution in [1.29, 1.82) is 0 Å². The molecular formula is C53H61N3O11. The predicted octanol–water partition coefficient (Wildman–Crippen LogP) is 8.87. The number of nitrogens with zero attached hydrogens (tertiary/aromatic N) is 3. The van der Waals surface area contributed by atoms with Gasteiger partial charge in [0.15, 0.2) is 0 Å². The van der Waals surface area contributed by atoms with Crippen LogP contribution in [-0.4, -0.2) is 102 Å². The van der Waals surface area contributed by atoms with Crippen molar-refractivity contribution in [2.45, 2.75) is 62.7 Å². The molecule has 1 heterocycles. The second kappa shape index (κ2) is 23.5. The van der Waals surface area contributed by atoms with Crippen LogP contribution in [0.3, 0.4) is 0 Å². The maximum atomic E-state index is 14.8. The molecule has 3 N–H and O–H groups in total. The number of fused-ring (bicyclic) bond motifs is 2. The third-order valence-corrected chi connectivity index (χ3v) is 12.9. The van der Waals surface area contributed by atoms with E-state index < -0.39 is 28.6 Å². The molecule has 3 aliphatic rings. The average molecular weight is 916 g/mol. The molecule has 0 aromatic heterocycles. The number of hydrogen-bond acceptors (Lipinski definition) is 12. The van der Waals surface area contributed by atoms with E-state index in [-0.39, 0.29) is 76.0 Å². The van der Waals surface area contributed by atoms with Crippen LogP contribution in [-0.2, 0) is 19.1 Å². The fourth-order valence-corrected chi connectivity index (χ4v) is 10.0. The fourth-order valence-electron chi connectivity index (χ4n) is 10.0. The average Bonchev–Trinajstić information content (AvgIpc) is 3.35. The molecule has 0 saturated heterocycles. The first kappa shape index (κ1) is 48.8. The Labute approximate surface area is 391 Å². The summed E-state index contributed by atoms with van der Waals surface area (Å²) in [5, 5.41) is 45.5. The molecule has 0 radical (unpaired) electrons. The van der Waals surface area contributed by atoms with E-state index in [1.807, 2.05) is 60.7 Å². The number of benzene rings is 4. The zero-order valence-corrected chi connectivity index (χ0v) is 38.0. The van der Waals surface area contributed by atoms with Gasteiger partial charge in [-0.25, -0.2) is 0 Å². The summed E-state index contributed by atoms with van der Waals surface area (Å²) < 4.78 is 26.8. The van der Waals surface area contributed by atoms with E-state index in [0.29, 0.717) is 41.4 Å². The van der Waals surface area contributed by atoms with Crippen LogP contribution in [0.2, 0.25) is 0 Å². The van der Waals surface area contributed by atoms with Crippen molar-refractivity contribution < 1.29 is 48.8 Å². The van der Waals surface area contributed by atoms with Gasteiger partial charge in [0.2, 0.25) is 11.7 Å². The maximum Gasteiger partial charge on any atom is 0.269 e. The SMILES string of the molecule is C=CCO[C@@]12Oc3ccc(Oc4ccc(-c5ccccc5)cc4)cc3[C@H]3[C@H](CCCCO)[C@@H](CCCCO)C=C(C(=NOC)C[C@@H]1N(CCOCCO)C(=O)C=Cc1ccc([N+](=O)[O-])cc1)[C@H]32. The lowest BCUT2D eigenvalue weighted by atomic mass is 9.55. The number of non-ortho nitro benzene ring substituents is 1. The Balaban J connectivity index is 1.37. The van der Waals surface area contributed by atoms with E-state index in [1.54, 1.807) is 29.2 Å². The number of rotatable bonds is 24. The molecule has 2 aliphatic carbocycles. The molecule has 4 aromatic rings. The first-order valence-electron chi connectivity index (χ1n) is 23.1. The van der Waals surface area contributed by atoms with Crippen molar-refractivity contribution >= 4 is 23.4 Å². The van der Waals surface area contributed by atoms with Gasteiger partial charge in [-0.1, -0.05) is 72.6 Å². The molecule has 0 spiro atoms. The Bertz CT molecular complexity index is 2370. The van der Waals surface area contributed by atoms with Gasteiger partial charge in [0, 0.05) is 55.9 Å². The number of hydrogen-bond donors (Lipinski definition) is 3. The summed E-state index contributed by atoms with van der Waals surface area (Å²) in [6, 6.07) is 29.0. The van der Waals surface area contributed by atoms with Gasteiger partial charge in [0.25, 0.3) is 5.69 Å². The molecule has 1 saturated carbocycles. The number of aliphatic hydroxyl groups excluding tert-OH is 3. The second-order valence-corrected chi connectivity index (χ2v) is 17.0. The minimum atomic E-state index is -1.51. The van der Waals surface area contributed by atoms with Gasteiger partial charge in [-0.2, -0.15) is 0 Å². The zero-order chi connectivity index (χ0) is 47.2. The van der Waals surface area contributed by atoms with Gasteiger partial charge in [-0.3, -0.25) is 14.9 Å². The highest BCUT2D eigenvalue weighted by molar-refractivity contribution is 6.03. The van der Waals surface area contributed by atoms with Crippen LogP contribution < -0.4 is 9.47 Å². The summed E-state index contributed by atoms with van der Waals surface area (Å²) in [6.07, 6.45) is 11.5. The Morgan fingerprint density at radius 3 is 2.31 bits per heavy atom. The third-order valence-electron chi connectivity index (χ3n) is 12.9. The van der Waals surface area contributed by atoms with E-state index in [1.165, 1.54) is 25.3 Å². The Hall–Kier alpha value is -6.16. The van der Waals surface area contributed by atoms with Crippen LogP contribution in [0.4, 0.5) is 5.69 Å². The highest BCUT2D eigenvalue weighted by Gasteiger charge is 2.65. The van der Waals surface area contributed by atoms with Gasteiger partial charge in [-0.15, -0.1) is 6.58 Å². The van der Waals surface area contributed by atoms with Crippen LogP contribution in [0, 0.1) is 27.9 Å². The highest BCUT2D eigenvalue weighted by Crippen LogP contribution is 2.62. The number of nitro benzene ring substituents is 1. The smallest absolute Gasteiger partial charge is 0.269 e. The predicted molar refractivity (Wildman–Crippen MR) is 256 cm³/mol. The van der Waals surface area contributed by atoms with Crippen LogP contribution in [0.5, 0.6) is 17.2 Å². The van der Waals surface area contributed by atoms with Gasteiger partial charge in [0.05, 0.1) is 43.0 Å². The van der Waals surface area contributed by atoms with Crippen molar-refractivity contribution in [1.82, 2.24) is 4.90 Å². The van der Waals surface area contributed by atoms with Crippen LogP contribution >= 0.6 is 0 Å². The number of aliphatic hydroxyl groups is 3. The van der Waals surface area contributed by atoms with E-state index >= 15 is 0 Å². The monoisotopic (exact) mass is 915 g/mol. The number of oxime groups is 1. The minimum absolute atomic E-state index is 0.00429. The summed E-state index contributed by atoms with van der Waals surface area (Å²) in [7, 11) is 1.50. The van der Waals surface area contributed by atoms with Crippen molar-refractivity contribution in [2.24, 2.45) is 22.9 Å². The lowest BCUT2D eigenvalue weighted by molar-refractivity contribution is -0.384. The minimum Gasteiger partial charge on any atom is -0.459 e. The van der Waals surface area contributed by atoms with Crippen molar-refractivity contribution in [3.63, 3.8) is 0 Å². The number of unbranched alkanes of at least 4 members (excludes halogenated alkanes) is 2. The summed E-state index contributed by atoms with van der Waals surface area (Å²) in [5.74, 6) is -0.857. The van der Waals surface area contributed by atoms with E-state index in [4.69, 9.17) is 23.8 Å². The zero-order valence-electron chi connectivity index (χ0n) is 38.0. The van der Waals surface area contributed by atoms with E-state index in [2.05, 4.69) is 29.9 Å². The number of carbonyl (C=O) groups is 1. The van der Waals surface area contributed by atoms with Crippen LogP contribution in [0.25, 0.3) is 17.2 Å². The molecule has 4 aromatic carbocycles. The number of amides is 1. The molecule has 7 rings (SSSR count). The van der Waals surface area contributed by atoms with Gasteiger partial charge >= 0.3 is 0 Å². The number of ether oxygens (including phenoxy) is 4. The Morgan fingerprint density at radius 1 is 0.910 bits per heavy atom. The molecular weight excluding hydrogens is 855 g/mol. The quantitative estimate of drug-likeness (QED) is 0.0201. The van der Waals surface area contributed by atoms with Gasteiger partial charge in [-0.05, 0) is 108 Å². The third kappa shape index (κ3) is 11.3.